The molecule has 136 valence electrons. The van der Waals surface area contributed by atoms with Crippen molar-refractivity contribution >= 4 is 15.9 Å². The average molecular weight is 570 g/mol. The van der Waals surface area contributed by atoms with E-state index in [9.17, 15) is 0 Å². The van der Waals surface area contributed by atoms with Crippen molar-refractivity contribution in [1.82, 2.24) is 0 Å². The Balaban J connectivity index is -0.000000283. The van der Waals surface area contributed by atoms with Crippen LogP contribution in [0.25, 0.3) is 0 Å². The van der Waals surface area contributed by atoms with Gasteiger partial charge >= 0.3 is 45.4 Å². The van der Waals surface area contributed by atoms with Crippen LogP contribution in [0.4, 0.5) is 0 Å². The van der Waals surface area contributed by atoms with Gasteiger partial charge in [-0.05, 0) is 0 Å². The molecule has 0 aliphatic carbocycles. The molecule has 2 aromatic carbocycles. The fraction of sp³-hybridized carbons (Fsp3) is 0.474. The van der Waals surface area contributed by atoms with Crippen molar-refractivity contribution in [3.05, 3.63) is 56.6 Å². The summed E-state index contributed by atoms with van der Waals surface area (Å²) in [6.45, 7) is 19.5. The summed E-state index contributed by atoms with van der Waals surface area (Å²) in [6.07, 6.45) is 0. The van der Waals surface area contributed by atoms with Gasteiger partial charge in [-0.1, -0.05) is 55.4 Å². The fourth-order valence-corrected chi connectivity index (χ4v) is 2.27. The molecule has 0 fully saturated rings. The fourth-order valence-electron chi connectivity index (χ4n) is 2.27. The van der Waals surface area contributed by atoms with Gasteiger partial charge in [0.15, 0.2) is 0 Å². The summed E-state index contributed by atoms with van der Waals surface area (Å²) in [4.78, 5) is -0.269. The molecule has 0 bridgehead atoms. The van der Waals surface area contributed by atoms with Crippen LogP contribution >= 0.6 is 11.1 Å². The third kappa shape index (κ3) is 9.96. The quantitative estimate of drug-likeness (QED) is 0.241. The molecular weight excluding hydrogens is 541 g/mol. The van der Waals surface area contributed by atoms with E-state index >= 15 is 0 Å². The maximum absolute atomic E-state index is 5.44. The van der Waals surface area contributed by atoms with Crippen molar-refractivity contribution in [3.8, 4) is 0 Å². The van der Waals surface area contributed by atoms with Gasteiger partial charge in [-0.25, -0.2) is 0 Å². The number of halogens is 3. The van der Waals surface area contributed by atoms with Crippen LogP contribution < -0.4 is 24.8 Å². The Morgan fingerprint density at radius 2 is 1.00 bits per heavy atom. The zero-order valence-electron chi connectivity index (χ0n) is 16.3. The van der Waals surface area contributed by atoms with E-state index < -0.39 is 0 Å². The molecule has 0 unspecified atom stereocenters. The van der Waals surface area contributed by atoms with Crippen LogP contribution in [0.1, 0.15) is 44.5 Å². The van der Waals surface area contributed by atoms with Crippen LogP contribution in [0.15, 0.2) is 12.1 Å². The minimum Gasteiger partial charge on any atom is -1.00 e. The second kappa shape index (κ2) is 13.8. The van der Waals surface area contributed by atoms with Gasteiger partial charge in [0, 0.05) is 0 Å². The van der Waals surface area contributed by atoms with E-state index in [4.69, 9.17) is 11.1 Å². The molecule has 0 N–H and O–H groups in total. The number of rotatable bonds is 0. The Labute approximate surface area is 181 Å². The predicted molar refractivity (Wildman–Crippen MR) is 99.4 cm³/mol. The first-order chi connectivity index (χ1) is 9.98. The van der Waals surface area contributed by atoms with Crippen molar-refractivity contribution in [2.75, 3.05) is 0 Å². The van der Waals surface area contributed by atoms with Crippen LogP contribution in [0.3, 0.4) is 0 Å². The molecule has 0 atom stereocenters. The molecule has 0 amide bonds. The molecule has 0 saturated heterocycles. The Morgan fingerprint density at radius 3 is 1.04 bits per heavy atom. The Bertz CT molecular complexity index is 540. The monoisotopic (exact) mass is 570 g/mol. The number of hydrogen-bond donors (Lipinski definition) is 0. The molecule has 2 rings (SSSR count). The first-order valence-corrected chi connectivity index (χ1v) is 16.0. The normalized spacial score (nSPS) is 8.83. The molecule has 0 aliphatic rings. The molecule has 2 aromatic rings. The van der Waals surface area contributed by atoms with E-state index in [0.717, 1.165) is 0 Å². The second-order valence-corrected chi connectivity index (χ2v) is 20.3. The van der Waals surface area contributed by atoms with E-state index in [0.29, 0.717) is 0 Å². The SMILES string of the molecule is C[Si](Cl)=[Hf+2].Cc1c[c-](C)c(C)c1C.Cc1c[c-](C)c(C)c1C.[Cl-].[Cl-]. The van der Waals surface area contributed by atoms with Gasteiger partial charge in [-0.3, -0.25) is 0 Å². The third-order valence-electron chi connectivity index (χ3n) is 4.36. The van der Waals surface area contributed by atoms with Gasteiger partial charge in [-0.15, -0.1) is 0 Å². The second-order valence-electron chi connectivity index (χ2n) is 6.05. The van der Waals surface area contributed by atoms with E-state index in [1.54, 1.807) is 0 Å². The molecular formula is C19H29Cl3HfSi-2. The Morgan fingerprint density at radius 1 is 0.792 bits per heavy atom. The summed E-state index contributed by atoms with van der Waals surface area (Å²) in [7, 11) is 0. The summed E-state index contributed by atoms with van der Waals surface area (Å²) in [6, 6.07) is 4.48. The average Bonchev–Trinajstić information content (AvgIpc) is 2.75. The Hall–Kier alpha value is 0.657. The molecule has 24 heavy (non-hydrogen) atoms. The first kappa shape index (κ1) is 29.4. The summed E-state index contributed by atoms with van der Waals surface area (Å²) < 4.78 is 0. The van der Waals surface area contributed by atoms with Gasteiger partial charge in [0.2, 0.25) is 0 Å². The summed E-state index contributed by atoms with van der Waals surface area (Å²) in [5, 5.41) is 0. The zero-order chi connectivity index (χ0) is 17.6. The first-order valence-electron chi connectivity index (χ1n) is 7.59. The van der Waals surface area contributed by atoms with Gasteiger partial charge < -0.3 is 24.8 Å². The van der Waals surface area contributed by atoms with Gasteiger partial charge in [0.25, 0.3) is 0 Å². The van der Waals surface area contributed by atoms with Crippen molar-refractivity contribution < 1.29 is 47.8 Å². The van der Waals surface area contributed by atoms with Crippen LogP contribution in [0.5, 0.6) is 0 Å². The van der Waals surface area contributed by atoms with Crippen molar-refractivity contribution in [2.24, 2.45) is 0 Å². The van der Waals surface area contributed by atoms with E-state index in [2.05, 4.69) is 74.1 Å². The Kier molecular flexibility index (Phi) is 16.9. The third-order valence-corrected chi connectivity index (χ3v) is 4.36. The van der Waals surface area contributed by atoms with Crippen LogP contribution in [0.2, 0.25) is 6.55 Å². The maximum Gasteiger partial charge on any atom is -0.0630 e. The summed E-state index contributed by atoms with van der Waals surface area (Å²) in [5.74, 6) is 0. The minimum absolute atomic E-state index is 0. The number of hydrogen-bond acceptors (Lipinski definition) is 0. The van der Waals surface area contributed by atoms with E-state index in [1.165, 1.54) is 67.5 Å². The molecule has 0 spiro atoms. The van der Waals surface area contributed by atoms with Crippen molar-refractivity contribution in [2.45, 2.75) is 61.9 Å². The van der Waals surface area contributed by atoms with Crippen LogP contribution in [-0.2, 0) is 23.0 Å². The standard InChI is InChI=1S/2C9H13.CH3ClSi.2ClH.Hf/c2*1-6-5-7(2)9(4)8(6)3;1-3-2;;;/h2*5H,1-4H3;1H3;2*1H;/q2*-1;;;;+2/p-2. The molecule has 0 nitrogen and oxygen atoms in total. The molecule has 0 saturated carbocycles. The molecule has 0 heterocycles. The topological polar surface area (TPSA) is 0 Å². The van der Waals surface area contributed by atoms with E-state index in [1.807, 2.05) is 0 Å². The van der Waals surface area contributed by atoms with E-state index in [-0.39, 0.29) is 29.6 Å². The maximum atomic E-state index is 5.44. The molecule has 5 heteroatoms. The van der Waals surface area contributed by atoms with Crippen LogP contribution in [0, 0.1) is 55.4 Å². The smallest absolute Gasteiger partial charge is 0.0630 e. The van der Waals surface area contributed by atoms with Crippen molar-refractivity contribution in [1.29, 1.82) is 0 Å². The van der Waals surface area contributed by atoms with Gasteiger partial charge in [0.05, 0.1) is 0 Å². The van der Waals surface area contributed by atoms with Gasteiger partial charge in [0.1, 0.15) is 0 Å². The van der Waals surface area contributed by atoms with Crippen molar-refractivity contribution in [3.63, 3.8) is 0 Å². The minimum atomic E-state index is -0.269. The largest absolute Gasteiger partial charge is 1.00 e. The molecule has 0 radical (unpaired) electrons. The molecule has 0 aliphatic heterocycles. The zero-order valence-corrected chi connectivity index (χ0v) is 23.1. The predicted octanol–water partition coefficient (Wildman–Crippen LogP) is 0.176. The van der Waals surface area contributed by atoms with Gasteiger partial charge in [-0.2, -0.15) is 56.6 Å². The number of aryl methyl sites for hydroxylation is 4. The summed E-state index contributed by atoms with van der Waals surface area (Å²) in [5.41, 5.74) is 11.5. The van der Waals surface area contributed by atoms with Crippen LogP contribution in [-0.4, -0.2) is 4.80 Å². The summed E-state index contributed by atoms with van der Waals surface area (Å²) >= 11 is 6.65. The molecule has 0 aromatic heterocycles.